The lowest BCUT2D eigenvalue weighted by atomic mass is 10.2. The molecule has 2 rings (SSSR count). The van der Waals surface area contributed by atoms with Gasteiger partial charge in [0.15, 0.2) is 4.34 Å². The quantitative estimate of drug-likeness (QED) is 0.466. The number of anilines is 1. The van der Waals surface area contributed by atoms with Crippen LogP contribution in [0.5, 0.6) is 0 Å². The van der Waals surface area contributed by atoms with E-state index < -0.39 is 0 Å². The van der Waals surface area contributed by atoms with Crippen molar-refractivity contribution in [1.29, 1.82) is 0 Å². The van der Waals surface area contributed by atoms with Crippen molar-refractivity contribution in [2.75, 3.05) is 11.1 Å². The Labute approximate surface area is 133 Å². The molecule has 0 unspecified atom stereocenters. The Hall–Kier alpha value is -0.670. The fourth-order valence-corrected chi connectivity index (χ4v) is 3.52. The molecule has 0 fully saturated rings. The Morgan fingerprint density at radius 2 is 2.32 bits per heavy atom. The Bertz CT molecular complexity index is 574. The number of benzene rings is 1. The fourth-order valence-electron chi connectivity index (χ4n) is 1.31. The average Bonchev–Trinajstić information content (AvgIpc) is 2.84. The van der Waals surface area contributed by atoms with E-state index in [0.717, 1.165) is 20.1 Å². The smallest absolute Gasteiger partial charge is 0.257 e. The third kappa shape index (κ3) is 4.43. The summed E-state index contributed by atoms with van der Waals surface area (Å²) in [6, 6.07) is 7.43. The zero-order chi connectivity index (χ0) is 13.7. The number of thioether (sulfide) groups is 1. The molecule has 0 aliphatic heterocycles. The second-order valence-electron chi connectivity index (χ2n) is 3.69. The molecule has 0 aliphatic carbocycles. The first kappa shape index (κ1) is 14.7. The Morgan fingerprint density at radius 1 is 1.47 bits per heavy atom. The van der Waals surface area contributed by atoms with Gasteiger partial charge < -0.3 is 0 Å². The predicted octanol–water partition coefficient (Wildman–Crippen LogP) is 3.90. The molecular formula is C12H12IN3OS2. The summed E-state index contributed by atoms with van der Waals surface area (Å²) in [6.45, 7) is 2.12. The van der Waals surface area contributed by atoms with E-state index in [0.29, 0.717) is 10.7 Å². The number of halogens is 1. The van der Waals surface area contributed by atoms with Crippen molar-refractivity contribution in [3.8, 4) is 0 Å². The van der Waals surface area contributed by atoms with Gasteiger partial charge in [0.05, 0.1) is 0 Å². The van der Waals surface area contributed by atoms with Gasteiger partial charge in [0.2, 0.25) is 5.13 Å². The SMILES string of the molecule is CCCSc1nnc(NC(=O)c2cccc(I)c2)s1. The molecule has 0 spiro atoms. The average molecular weight is 405 g/mol. The van der Waals surface area contributed by atoms with Gasteiger partial charge in [-0.15, -0.1) is 10.2 Å². The van der Waals surface area contributed by atoms with E-state index in [1.165, 1.54) is 11.3 Å². The number of nitrogens with one attached hydrogen (secondary N) is 1. The van der Waals surface area contributed by atoms with Crippen LogP contribution in [-0.4, -0.2) is 21.9 Å². The van der Waals surface area contributed by atoms with Gasteiger partial charge in [0.25, 0.3) is 5.91 Å². The number of amides is 1. The lowest BCUT2D eigenvalue weighted by molar-refractivity contribution is 0.102. The van der Waals surface area contributed by atoms with Crippen LogP contribution < -0.4 is 5.32 Å². The summed E-state index contributed by atoms with van der Waals surface area (Å²) in [6.07, 6.45) is 1.09. The van der Waals surface area contributed by atoms with Crippen molar-refractivity contribution in [2.24, 2.45) is 0 Å². The molecule has 0 bridgehead atoms. The zero-order valence-corrected chi connectivity index (χ0v) is 14.0. The molecule has 1 aromatic carbocycles. The van der Waals surface area contributed by atoms with E-state index in [1.54, 1.807) is 17.8 Å². The molecular weight excluding hydrogens is 393 g/mol. The highest BCUT2D eigenvalue weighted by atomic mass is 127. The maximum atomic E-state index is 12.0. The van der Waals surface area contributed by atoms with Crippen molar-refractivity contribution >= 4 is 56.7 Å². The molecule has 0 saturated carbocycles. The van der Waals surface area contributed by atoms with Crippen molar-refractivity contribution in [3.05, 3.63) is 33.4 Å². The Kier molecular flexibility index (Phi) is 5.59. The largest absolute Gasteiger partial charge is 0.296 e. The second kappa shape index (κ2) is 7.20. The van der Waals surface area contributed by atoms with Crippen LogP contribution in [0.2, 0.25) is 0 Å². The standard InChI is InChI=1S/C12H12IN3OS2/c1-2-6-18-12-16-15-11(19-12)14-10(17)8-4-3-5-9(13)7-8/h3-5,7H,2,6H2,1H3,(H,14,15,17). The van der Waals surface area contributed by atoms with Crippen LogP contribution in [0, 0.1) is 3.57 Å². The summed E-state index contributed by atoms with van der Waals surface area (Å²) in [7, 11) is 0. The van der Waals surface area contributed by atoms with E-state index >= 15 is 0 Å². The van der Waals surface area contributed by atoms with E-state index in [2.05, 4.69) is 45.0 Å². The van der Waals surface area contributed by atoms with Gasteiger partial charge in [-0.1, -0.05) is 36.1 Å². The fraction of sp³-hybridized carbons (Fsp3) is 0.250. The van der Waals surface area contributed by atoms with E-state index in [4.69, 9.17) is 0 Å². The highest BCUT2D eigenvalue weighted by Gasteiger charge is 2.10. The van der Waals surface area contributed by atoms with Gasteiger partial charge in [-0.05, 0) is 47.2 Å². The lowest BCUT2D eigenvalue weighted by Gasteiger charge is -2.01. The molecule has 4 nitrogen and oxygen atoms in total. The molecule has 0 atom stereocenters. The molecule has 0 radical (unpaired) electrons. The first-order chi connectivity index (χ1) is 9.19. The number of nitrogens with zero attached hydrogens (tertiary/aromatic N) is 2. The Morgan fingerprint density at radius 3 is 3.05 bits per heavy atom. The van der Waals surface area contributed by atoms with Crippen LogP contribution in [0.25, 0.3) is 0 Å². The molecule has 1 heterocycles. The molecule has 0 aliphatic rings. The summed E-state index contributed by atoms with van der Waals surface area (Å²) >= 11 is 5.25. The number of rotatable bonds is 5. The van der Waals surface area contributed by atoms with Gasteiger partial charge in [-0.2, -0.15) is 0 Å². The first-order valence-corrected chi connectivity index (χ1v) is 8.60. The summed E-state index contributed by atoms with van der Waals surface area (Å²) in [5, 5.41) is 11.3. The number of aromatic nitrogens is 2. The van der Waals surface area contributed by atoms with Crippen molar-refractivity contribution in [1.82, 2.24) is 10.2 Å². The Balaban J connectivity index is 2.00. The van der Waals surface area contributed by atoms with E-state index in [1.807, 2.05) is 18.2 Å². The molecule has 2 aromatic rings. The molecule has 19 heavy (non-hydrogen) atoms. The van der Waals surface area contributed by atoms with Crippen LogP contribution in [0.3, 0.4) is 0 Å². The number of hydrogen-bond donors (Lipinski definition) is 1. The molecule has 0 saturated heterocycles. The summed E-state index contributed by atoms with van der Waals surface area (Å²) in [5.74, 6) is 0.862. The van der Waals surface area contributed by atoms with Crippen molar-refractivity contribution in [2.45, 2.75) is 17.7 Å². The highest BCUT2D eigenvalue weighted by molar-refractivity contribution is 14.1. The molecule has 1 aromatic heterocycles. The number of carbonyl (C=O) groups excluding carboxylic acids is 1. The van der Waals surface area contributed by atoms with Gasteiger partial charge in [0, 0.05) is 14.9 Å². The number of carbonyl (C=O) groups is 1. The van der Waals surface area contributed by atoms with Crippen molar-refractivity contribution < 1.29 is 4.79 Å². The third-order valence-corrected chi connectivity index (χ3v) is 4.99. The van der Waals surface area contributed by atoms with Gasteiger partial charge >= 0.3 is 0 Å². The van der Waals surface area contributed by atoms with Crippen LogP contribution in [0.1, 0.15) is 23.7 Å². The maximum Gasteiger partial charge on any atom is 0.257 e. The molecule has 7 heteroatoms. The van der Waals surface area contributed by atoms with Gasteiger partial charge in [-0.3, -0.25) is 10.1 Å². The van der Waals surface area contributed by atoms with E-state index in [9.17, 15) is 4.79 Å². The first-order valence-electron chi connectivity index (χ1n) is 5.72. The van der Waals surface area contributed by atoms with Crippen molar-refractivity contribution in [3.63, 3.8) is 0 Å². The highest BCUT2D eigenvalue weighted by Crippen LogP contribution is 2.26. The maximum absolute atomic E-state index is 12.0. The van der Waals surface area contributed by atoms with Crippen LogP contribution >= 0.6 is 45.7 Å². The van der Waals surface area contributed by atoms with Gasteiger partial charge in [0.1, 0.15) is 0 Å². The minimum absolute atomic E-state index is 0.151. The number of hydrogen-bond acceptors (Lipinski definition) is 5. The zero-order valence-electron chi connectivity index (χ0n) is 10.2. The van der Waals surface area contributed by atoms with Crippen LogP contribution in [0.15, 0.2) is 28.6 Å². The molecule has 1 N–H and O–H groups in total. The van der Waals surface area contributed by atoms with Crippen LogP contribution in [-0.2, 0) is 0 Å². The summed E-state index contributed by atoms with van der Waals surface area (Å²) in [5.41, 5.74) is 0.630. The molecule has 100 valence electrons. The third-order valence-electron chi connectivity index (χ3n) is 2.14. The molecule has 1 amide bonds. The topological polar surface area (TPSA) is 54.9 Å². The van der Waals surface area contributed by atoms with Gasteiger partial charge in [-0.25, -0.2) is 0 Å². The lowest BCUT2D eigenvalue weighted by Crippen LogP contribution is -2.11. The normalized spacial score (nSPS) is 10.4. The van der Waals surface area contributed by atoms with E-state index in [-0.39, 0.29) is 5.91 Å². The summed E-state index contributed by atoms with van der Waals surface area (Å²) in [4.78, 5) is 12.0. The predicted molar refractivity (Wildman–Crippen MR) is 88.0 cm³/mol. The van der Waals surface area contributed by atoms with Crippen LogP contribution in [0.4, 0.5) is 5.13 Å². The minimum atomic E-state index is -0.151. The summed E-state index contributed by atoms with van der Waals surface area (Å²) < 4.78 is 1.92. The minimum Gasteiger partial charge on any atom is -0.296 e. The second-order valence-corrected chi connectivity index (χ2v) is 7.25. The monoisotopic (exact) mass is 405 g/mol.